The van der Waals surface area contributed by atoms with Crippen LogP contribution in [0.1, 0.15) is 40.5 Å². The molecule has 0 saturated heterocycles. The predicted octanol–water partition coefficient (Wildman–Crippen LogP) is 4.99. The van der Waals surface area contributed by atoms with E-state index in [4.69, 9.17) is 0 Å². The molecular formula is C15H26. The molecule has 0 rings (SSSR count). The van der Waals surface area contributed by atoms with E-state index in [0.717, 1.165) is 12.8 Å². The van der Waals surface area contributed by atoms with Crippen LogP contribution in [0.4, 0.5) is 0 Å². The van der Waals surface area contributed by atoms with Crippen molar-refractivity contribution in [2.45, 2.75) is 40.5 Å². The van der Waals surface area contributed by atoms with Gasteiger partial charge in [-0.3, -0.25) is 0 Å². The van der Waals surface area contributed by atoms with Gasteiger partial charge in [0.15, 0.2) is 0 Å². The fourth-order valence-corrected chi connectivity index (χ4v) is 2.18. The molecule has 0 radical (unpaired) electrons. The standard InChI is InChI=1S/C15H26/c1-7-10-12(4)14(6)15(9-3)13(5)11-8-2/h7-9,12-14H,1-2,10-11H2,3-6H3. The lowest BCUT2D eigenvalue weighted by atomic mass is 9.80. The van der Waals surface area contributed by atoms with Gasteiger partial charge in [-0.1, -0.05) is 44.6 Å². The minimum atomic E-state index is 0.620. The molecule has 0 bridgehead atoms. The highest BCUT2D eigenvalue weighted by molar-refractivity contribution is 5.10. The molecule has 0 spiro atoms. The van der Waals surface area contributed by atoms with Gasteiger partial charge >= 0.3 is 0 Å². The molecule has 0 aromatic heterocycles. The van der Waals surface area contributed by atoms with Crippen LogP contribution in [0.3, 0.4) is 0 Å². The molecule has 3 atom stereocenters. The van der Waals surface area contributed by atoms with Crippen molar-refractivity contribution in [3.8, 4) is 0 Å². The molecule has 0 amide bonds. The molecule has 86 valence electrons. The molecule has 0 aliphatic rings. The molecule has 0 aliphatic heterocycles. The molecule has 0 aromatic carbocycles. The Balaban J connectivity index is 4.52. The highest BCUT2D eigenvalue weighted by Gasteiger charge is 2.18. The van der Waals surface area contributed by atoms with E-state index in [2.05, 4.69) is 46.9 Å². The van der Waals surface area contributed by atoms with Crippen LogP contribution in [0.5, 0.6) is 0 Å². The summed E-state index contributed by atoms with van der Waals surface area (Å²) >= 11 is 0. The molecule has 3 unspecified atom stereocenters. The quantitative estimate of drug-likeness (QED) is 0.515. The van der Waals surface area contributed by atoms with Crippen molar-refractivity contribution >= 4 is 0 Å². The first kappa shape index (κ1) is 14.2. The zero-order valence-electron chi connectivity index (χ0n) is 10.8. The molecule has 0 fully saturated rings. The fraction of sp³-hybridized carbons (Fsp3) is 0.600. The summed E-state index contributed by atoms with van der Waals surface area (Å²) in [6.07, 6.45) is 8.48. The summed E-state index contributed by atoms with van der Waals surface area (Å²) in [5.41, 5.74) is 1.56. The van der Waals surface area contributed by atoms with Crippen molar-refractivity contribution < 1.29 is 0 Å². The first-order valence-corrected chi connectivity index (χ1v) is 5.96. The second-order valence-corrected chi connectivity index (χ2v) is 4.50. The van der Waals surface area contributed by atoms with Gasteiger partial charge in [0.25, 0.3) is 0 Å². The monoisotopic (exact) mass is 206 g/mol. The van der Waals surface area contributed by atoms with E-state index in [1.165, 1.54) is 0 Å². The van der Waals surface area contributed by atoms with Crippen LogP contribution in [0.25, 0.3) is 0 Å². The van der Waals surface area contributed by atoms with Gasteiger partial charge in [0.1, 0.15) is 0 Å². The lowest BCUT2D eigenvalue weighted by molar-refractivity contribution is 0.408. The fourth-order valence-electron chi connectivity index (χ4n) is 2.18. The first-order chi connectivity index (χ1) is 7.08. The average molecular weight is 206 g/mol. The van der Waals surface area contributed by atoms with Gasteiger partial charge in [-0.05, 0) is 37.5 Å². The topological polar surface area (TPSA) is 0 Å². The van der Waals surface area contributed by atoms with E-state index in [1.807, 2.05) is 12.2 Å². The summed E-state index contributed by atoms with van der Waals surface area (Å²) in [6.45, 7) is 16.7. The predicted molar refractivity (Wildman–Crippen MR) is 70.9 cm³/mol. The third kappa shape index (κ3) is 4.51. The summed E-state index contributed by atoms with van der Waals surface area (Å²) in [6, 6.07) is 0. The highest BCUT2D eigenvalue weighted by Crippen LogP contribution is 2.30. The Morgan fingerprint density at radius 2 is 1.60 bits per heavy atom. The van der Waals surface area contributed by atoms with Crippen molar-refractivity contribution in [3.63, 3.8) is 0 Å². The Bertz CT molecular complexity index is 222. The van der Waals surface area contributed by atoms with Gasteiger partial charge < -0.3 is 0 Å². The van der Waals surface area contributed by atoms with Crippen LogP contribution in [0.15, 0.2) is 37.0 Å². The second kappa shape index (κ2) is 7.50. The molecule has 0 N–H and O–H groups in total. The lowest BCUT2D eigenvalue weighted by Gasteiger charge is -2.26. The summed E-state index contributed by atoms with van der Waals surface area (Å²) in [7, 11) is 0. The van der Waals surface area contributed by atoms with E-state index in [0.29, 0.717) is 17.8 Å². The normalized spacial score (nSPS) is 18.0. The van der Waals surface area contributed by atoms with Crippen LogP contribution < -0.4 is 0 Å². The maximum atomic E-state index is 3.81. The Kier molecular flexibility index (Phi) is 7.11. The maximum Gasteiger partial charge on any atom is -0.0195 e. The smallest absolute Gasteiger partial charge is 0.0195 e. The third-order valence-electron chi connectivity index (χ3n) is 3.34. The lowest BCUT2D eigenvalue weighted by Crippen LogP contribution is -2.15. The van der Waals surface area contributed by atoms with E-state index < -0.39 is 0 Å². The Morgan fingerprint density at radius 3 is 2.00 bits per heavy atom. The van der Waals surface area contributed by atoms with Crippen LogP contribution in [0, 0.1) is 17.8 Å². The molecule has 0 heterocycles. The van der Waals surface area contributed by atoms with Crippen molar-refractivity contribution in [2.75, 3.05) is 0 Å². The van der Waals surface area contributed by atoms with Crippen LogP contribution in [0.2, 0.25) is 0 Å². The molecular weight excluding hydrogens is 180 g/mol. The van der Waals surface area contributed by atoms with Crippen LogP contribution in [-0.2, 0) is 0 Å². The first-order valence-electron chi connectivity index (χ1n) is 5.96. The van der Waals surface area contributed by atoms with Crippen molar-refractivity contribution in [1.82, 2.24) is 0 Å². The van der Waals surface area contributed by atoms with Gasteiger partial charge in [0.2, 0.25) is 0 Å². The van der Waals surface area contributed by atoms with E-state index in [9.17, 15) is 0 Å². The largest absolute Gasteiger partial charge is 0.103 e. The van der Waals surface area contributed by atoms with Crippen LogP contribution in [-0.4, -0.2) is 0 Å². The molecule has 0 heteroatoms. The Morgan fingerprint density at radius 1 is 1.07 bits per heavy atom. The van der Waals surface area contributed by atoms with Crippen molar-refractivity contribution in [2.24, 2.45) is 17.8 Å². The van der Waals surface area contributed by atoms with Crippen molar-refractivity contribution in [3.05, 3.63) is 37.0 Å². The minimum absolute atomic E-state index is 0.620. The summed E-state index contributed by atoms with van der Waals surface area (Å²) in [4.78, 5) is 0. The molecule has 0 aromatic rings. The molecule has 0 aliphatic carbocycles. The number of hydrogen-bond donors (Lipinski definition) is 0. The zero-order chi connectivity index (χ0) is 11.8. The highest BCUT2D eigenvalue weighted by atomic mass is 14.2. The summed E-state index contributed by atoms with van der Waals surface area (Å²) in [5.74, 6) is 1.94. The SMILES string of the molecule is C=CCC(C)C(=CC)C(C)C(C)CC=C. The second-order valence-electron chi connectivity index (χ2n) is 4.50. The van der Waals surface area contributed by atoms with E-state index in [1.54, 1.807) is 5.57 Å². The van der Waals surface area contributed by atoms with Gasteiger partial charge in [-0.2, -0.15) is 0 Å². The van der Waals surface area contributed by atoms with Gasteiger partial charge in [0, 0.05) is 0 Å². The average Bonchev–Trinajstić information content (AvgIpc) is 2.19. The third-order valence-corrected chi connectivity index (χ3v) is 3.34. The number of rotatable bonds is 7. The van der Waals surface area contributed by atoms with Crippen molar-refractivity contribution in [1.29, 1.82) is 0 Å². The molecule has 0 saturated carbocycles. The zero-order valence-corrected chi connectivity index (χ0v) is 10.8. The van der Waals surface area contributed by atoms with Crippen LogP contribution >= 0.6 is 0 Å². The maximum absolute atomic E-state index is 3.81. The minimum Gasteiger partial charge on any atom is -0.103 e. The molecule has 15 heavy (non-hydrogen) atoms. The Labute approximate surface area is 95.8 Å². The van der Waals surface area contributed by atoms with E-state index in [-0.39, 0.29) is 0 Å². The number of hydrogen-bond acceptors (Lipinski definition) is 0. The molecule has 0 nitrogen and oxygen atoms in total. The van der Waals surface area contributed by atoms with Gasteiger partial charge in [-0.25, -0.2) is 0 Å². The number of allylic oxidation sites excluding steroid dienone is 4. The van der Waals surface area contributed by atoms with Gasteiger partial charge in [-0.15, -0.1) is 13.2 Å². The van der Waals surface area contributed by atoms with E-state index >= 15 is 0 Å². The summed E-state index contributed by atoms with van der Waals surface area (Å²) in [5, 5.41) is 0. The van der Waals surface area contributed by atoms with Gasteiger partial charge in [0.05, 0.1) is 0 Å². The Hall–Kier alpha value is -0.780. The summed E-state index contributed by atoms with van der Waals surface area (Å²) < 4.78 is 0.